The number of aryl methyl sites for hydroxylation is 1. The number of alkyl halides is 3. The summed E-state index contributed by atoms with van der Waals surface area (Å²) in [6, 6.07) is 9.44. The van der Waals surface area contributed by atoms with Gasteiger partial charge in [-0.25, -0.2) is 4.98 Å². The van der Waals surface area contributed by atoms with Gasteiger partial charge in [-0.1, -0.05) is 42.5 Å². The molecule has 0 bridgehead atoms. The number of carbonyl (C=O) groups excluding carboxylic acids is 1. The van der Waals surface area contributed by atoms with Gasteiger partial charge in [0.05, 0.1) is 30.1 Å². The first kappa shape index (κ1) is 25.6. The highest BCUT2D eigenvalue weighted by Gasteiger charge is 2.43. The van der Waals surface area contributed by atoms with Gasteiger partial charge in [0.25, 0.3) is 5.56 Å². The van der Waals surface area contributed by atoms with Crippen LogP contribution in [0.15, 0.2) is 53.6 Å². The van der Waals surface area contributed by atoms with E-state index >= 15 is 0 Å². The Labute approximate surface area is 205 Å². The third-order valence-electron chi connectivity index (χ3n) is 6.74. The van der Waals surface area contributed by atoms with Crippen LogP contribution in [0.2, 0.25) is 0 Å². The van der Waals surface area contributed by atoms with Gasteiger partial charge >= 0.3 is 6.18 Å². The molecule has 192 valence electrons. The summed E-state index contributed by atoms with van der Waals surface area (Å²) in [6.07, 6.45) is -3.65. The molecule has 4 rings (SSSR count). The lowest BCUT2D eigenvalue weighted by Gasteiger charge is -2.39. The van der Waals surface area contributed by atoms with Crippen LogP contribution >= 0.6 is 0 Å². The van der Waals surface area contributed by atoms with Crippen molar-refractivity contribution in [2.75, 3.05) is 13.1 Å². The molecule has 36 heavy (non-hydrogen) atoms. The van der Waals surface area contributed by atoms with Gasteiger partial charge in [0.2, 0.25) is 5.91 Å². The highest BCUT2D eigenvalue weighted by molar-refractivity contribution is 5.89. The molecule has 1 saturated heterocycles. The van der Waals surface area contributed by atoms with Gasteiger partial charge < -0.3 is 10.0 Å². The first-order valence-electron chi connectivity index (χ1n) is 11.6. The summed E-state index contributed by atoms with van der Waals surface area (Å²) >= 11 is 0. The van der Waals surface area contributed by atoms with Crippen LogP contribution in [-0.2, 0) is 18.4 Å². The number of likely N-dealkylation sites (tertiary alicyclic amines) is 1. The van der Waals surface area contributed by atoms with Crippen molar-refractivity contribution in [1.29, 1.82) is 0 Å². The highest BCUT2D eigenvalue weighted by Crippen LogP contribution is 2.35. The van der Waals surface area contributed by atoms with Gasteiger partial charge in [-0.3, -0.25) is 18.8 Å². The molecular formula is C25H28F3N5O3. The number of hydrogen-bond donors (Lipinski definition) is 1. The van der Waals surface area contributed by atoms with Crippen LogP contribution < -0.4 is 5.56 Å². The molecule has 0 saturated carbocycles. The average molecular weight is 504 g/mol. The maximum absolute atomic E-state index is 13.2. The number of fused-ring (bicyclic) bond motifs is 1. The van der Waals surface area contributed by atoms with Crippen molar-refractivity contribution in [2.24, 2.45) is 13.0 Å². The summed E-state index contributed by atoms with van der Waals surface area (Å²) in [4.78, 5) is 31.4. The number of nitrogens with zero attached hydrogens (tertiary/aromatic N) is 5. The molecule has 1 N–H and O–H groups in total. The number of hydrogen-bond acceptors (Lipinski definition) is 5. The van der Waals surface area contributed by atoms with Crippen LogP contribution in [0.5, 0.6) is 0 Å². The number of aliphatic hydroxyl groups is 1. The minimum atomic E-state index is -4.54. The van der Waals surface area contributed by atoms with E-state index in [2.05, 4.69) is 16.7 Å². The summed E-state index contributed by atoms with van der Waals surface area (Å²) < 4.78 is 42.5. The van der Waals surface area contributed by atoms with E-state index in [1.165, 1.54) is 22.7 Å². The van der Waals surface area contributed by atoms with Gasteiger partial charge in [-0.05, 0) is 19.8 Å². The monoisotopic (exact) mass is 503 g/mol. The highest BCUT2D eigenvalue weighted by atomic mass is 19.4. The van der Waals surface area contributed by atoms with E-state index in [1.807, 2.05) is 30.3 Å². The van der Waals surface area contributed by atoms with E-state index in [0.717, 1.165) is 5.56 Å². The molecule has 1 aliphatic rings. The molecule has 8 nitrogen and oxygen atoms in total. The molecule has 0 spiro atoms. The second-order valence-corrected chi connectivity index (χ2v) is 9.46. The van der Waals surface area contributed by atoms with Crippen molar-refractivity contribution in [3.63, 3.8) is 0 Å². The minimum Gasteiger partial charge on any atom is -0.388 e. The molecule has 1 fully saturated rings. The molecule has 1 aliphatic heterocycles. The Balaban J connectivity index is 1.48. The zero-order valence-electron chi connectivity index (χ0n) is 20.1. The minimum absolute atomic E-state index is 0.0645. The second-order valence-electron chi connectivity index (χ2n) is 9.46. The van der Waals surface area contributed by atoms with Gasteiger partial charge in [0.15, 0.2) is 5.52 Å². The topological polar surface area (TPSA) is 93.2 Å². The molecule has 1 atom stereocenters. The lowest BCUT2D eigenvalue weighted by atomic mass is 9.90. The normalized spacial score (nSPS) is 16.8. The predicted molar refractivity (Wildman–Crippen MR) is 128 cm³/mol. The molecule has 2 aromatic heterocycles. The Bertz CT molecular complexity index is 1340. The second kappa shape index (κ2) is 9.53. The van der Waals surface area contributed by atoms with Crippen molar-refractivity contribution in [1.82, 2.24) is 24.2 Å². The van der Waals surface area contributed by atoms with Crippen molar-refractivity contribution in [3.05, 3.63) is 59.2 Å². The molecular weight excluding hydrogens is 475 g/mol. The summed E-state index contributed by atoms with van der Waals surface area (Å²) in [5.74, 6) is -2.54. The number of allylic oxidation sites excluding steroid dienone is 1. The smallest absolute Gasteiger partial charge is 0.388 e. The lowest BCUT2D eigenvalue weighted by Crippen LogP contribution is -2.50. The maximum Gasteiger partial charge on any atom is 0.395 e. The Morgan fingerprint density at radius 2 is 1.83 bits per heavy atom. The van der Waals surface area contributed by atoms with Gasteiger partial charge in [-0.15, -0.1) is 0 Å². The number of piperidine rings is 1. The van der Waals surface area contributed by atoms with E-state index in [4.69, 9.17) is 0 Å². The Kier molecular flexibility index (Phi) is 6.78. The summed E-state index contributed by atoms with van der Waals surface area (Å²) in [5.41, 5.74) is 0.359. The van der Waals surface area contributed by atoms with Crippen LogP contribution in [0.25, 0.3) is 22.3 Å². The van der Waals surface area contributed by atoms with E-state index in [-0.39, 0.29) is 43.6 Å². The fraction of sp³-hybridized carbons (Fsp3) is 0.440. The van der Waals surface area contributed by atoms with Gasteiger partial charge in [0.1, 0.15) is 5.52 Å². The summed E-state index contributed by atoms with van der Waals surface area (Å²) in [5, 5.41) is 15.5. The van der Waals surface area contributed by atoms with Crippen molar-refractivity contribution in [2.45, 2.75) is 44.5 Å². The molecule has 0 unspecified atom stereocenters. The number of rotatable bonds is 6. The zero-order valence-corrected chi connectivity index (χ0v) is 20.1. The summed E-state index contributed by atoms with van der Waals surface area (Å²) in [6.45, 7) is 4.73. The van der Waals surface area contributed by atoms with Crippen molar-refractivity contribution in [3.8, 4) is 11.3 Å². The summed E-state index contributed by atoms with van der Waals surface area (Å²) in [7, 11) is 1.73. The number of aromatic nitrogens is 4. The fourth-order valence-corrected chi connectivity index (χ4v) is 4.65. The van der Waals surface area contributed by atoms with E-state index < -0.39 is 35.6 Å². The molecule has 0 aliphatic carbocycles. The van der Waals surface area contributed by atoms with Crippen LogP contribution in [0.3, 0.4) is 0 Å². The van der Waals surface area contributed by atoms with Crippen molar-refractivity contribution < 1.29 is 23.1 Å². The molecule has 3 aromatic rings. The average Bonchev–Trinajstić information content (AvgIpc) is 3.16. The van der Waals surface area contributed by atoms with E-state index in [9.17, 15) is 27.9 Å². The quantitative estimate of drug-likeness (QED) is 0.521. The van der Waals surface area contributed by atoms with Gasteiger partial charge in [0, 0.05) is 32.1 Å². The van der Waals surface area contributed by atoms with E-state index in [1.54, 1.807) is 11.7 Å². The maximum atomic E-state index is 13.2. The first-order chi connectivity index (χ1) is 16.9. The molecule has 0 radical (unpaired) electrons. The Morgan fingerprint density at radius 3 is 2.42 bits per heavy atom. The third kappa shape index (κ3) is 5.06. The molecule has 11 heteroatoms. The van der Waals surface area contributed by atoms with E-state index in [0.29, 0.717) is 11.2 Å². The van der Waals surface area contributed by atoms with Crippen LogP contribution in [-0.4, -0.2) is 60.1 Å². The molecule has 3 heterocycles. The van der Waals surface area contributed by atoms with Crippen molar-refractivity contribution >= 4 is 16.9 Å². The number of carbonyl (C=O) groups is 1. The predicted octanol–water partition coefficient (Wildman–Crippen LogP) is 3.30. The standard InChI is InChI=1S/C25H28F3N5O3/c1-16(2)18(25(26,27)28)13-19(34)32-11-9-24(36,10-12-32)14-33-15-29-20-21(23(33)35)30-31(3)22(20)17-7-5-4-6-8-17/h4-8,15,18,36H,1,9-14H2,2-3H3/t18-/m1/s1. The largest absolute Gasteiger partial charge is 0.395 e. The Morgan fingerprint density at radius 1 is 1.19 bits per heavy atom. The molecule has 1 amide bonds. The van der Waals surface area contributed by atoms with Gasteiger partial charge in [-0.2, -0.15) is 18.3 Å². The number of halogens is 3. The van der Waals surface area contributed by atoms with Crippen LogP contribution in [0, 0.1) is 5.92 Å². The first-order valence-corrected chi connectivity index (χ1v) is 11.6. The SMILES string of the molecule is C=C(C)[C@@H](CC(=O)N1CCC(O)(Cn2cnc3c(-c4ccccc4)n(C)nc3c2=O)CC1)C(F)(F)F. The Hall–Kier alpha value is -3.47. The third-order valence-corrected chi connectivity index (χ3v) is 6.74. The number of benzene rings is 1. The van der Waals surface area contributed by atoms with Crippen LogP contribution in [0.1, 0.15) is 26.2 Å². The van der Waals surface area contributed by atoms with Crippen LogP contribution in [0.4, 0.5) is 13.2 Å². The lowest BCUT2D eigenvalue weighted by molar-refractivity contribution is -0.172. The zero-order chi connectivity index (χ0) is 26.3. The molecule has 1 aromatic carbocycles. The number of amides is 1. The fourth-order valence-electron chi connectivity index (χ4n) is 4.65.